The third kappa shape index (κ3) is 3.55. The number of piperidine rings is 1. The molecule has 1 aliphatic heterocycles. The van der Waals surface area contributed by atoms with E-state index < -0.39 is 0 Å². The van der Waals surface area contributed by atoms with Gasteiger partial charge in [0.05, 0.1) is 12.7 Å². The van der Waals surface area contributed by atoms with E-state index in [0.717, 1.165) is 12.8 Å². The molecule has 1 amide bonds. The Morgan fingerprint density at radius 2 is 2.15 bits per heavy atom. The minimum absolute atomic E-state index is 0.0367. The highest BCUT2D eigenvalue weighted by Crippen LogP contribution is 2.17. The van der Waals surface area contributed by atoms with Gasteiger partial charge in [-0.25, -0.2) is 4.39 Å². The number of likely N-dealkylation sites (tertiary alicyclic amines) is 1. The second-order valence-corrected chi connectivity index (χ2v) is 5.11. The molecular weight excluding hydrogens is 259 g/mol. The van der Waals surface area contributed by atoms with Crippen molar-refractivity contribution in [3.05, 3.63) is 35.1 Å². The average Bonchev–Trinajstić information content (AvgIpc) is 2.48. The van der Waals surface area contributed by atoms with Crippen molar-refractivity contribution in [3.63, 3.8) is 0 Å². The van der Waals surface area contributed by atoms with Crippen LogP contribution < -0.4 is 5.73 Å². The number of nitrogens with zero attached hydrogens (tertiary/aromatic N) is 1. The summed E-state index contributed by atoms with van der Waals surface area (Å²) in [5.74, 6) is -0.319. The number of amides is 1. The highest BCUT2D eigenvalue weighted by atomic mass is 19.1. The molecule has 5 heteroatoms. The standard InChI is InChI=1S/C15H21FN2O2/c1-11-10-12(2-3-14(11)16)15(19)18-7-4-13(5-8-18)20-9-6-17/h2-3,10,13H,4-9,17H2,1H3. The molecule has 4 nitrogen and oxygen atoms in total. The van der Waals surface area contributed by atoms with E-state index in [1.165, 1.54) is 6.07 Å². The van der Waals surface area contributed by atoms with Crippen molar-refractivity contribution in [2.24, 2.45) is 5.73 Å². The molecule has 110 valence electrons. The van der Waals surface area contributed by atoms with Gasteiger partial charge in [-0.1, -0.05) is 0 Å². The van der Waals surface area contributed by atoms with E-state index in [1.54, 1.807) is 24.0 Å². The number of carbonyl (C=O) groups excluding carboxylic acids is 1. The van der Waals surface area contributed by atoms with Gasteiger partial charge in [0.1, 0.15) is 5.82 Å². The van der Waals surface area contributed by atoms with Gasteiger partial charge in [0.15, 0.2) is 0 Å². The van der Waals surface area contributed by atoms with Crippen molar-refractivity contribution in [2.45, 2.75) is 25.9 Å². The first-order valence-electron chi connectivity index (χ1n) is 6.99. The molecule has 0 radical (unpaired) electrons. The van der Waals surface area contributed by atoms with Crippen LogP contribution in [0.5, 0.6) is 0 Å². The maximum Gasteiger partial charge on any atom is 0.253 e. The molecule has 1 fully saturated rings. The number of benzene rings is 1. The zero-order valence-electron chi connectivity index (χ0n) is 11.8. The highest BCUT2D eigenvalue weighted by Gasteiger charge is 2.24. The third-order valence-electron chi connectivity index (χ3n) is 3.61. The largest absolute Gasteiger partial charge is 0.377 e. The van der Waals surface area contributed by atoms with Crippen LogP contribution >= 0.6 is 0 Å². The molecule has 20 heavy (non-hydrogen) atoms. The highest BCUT2D eigenvalue weighted by molar-refractivity contribution is 5.94. The molecule has 0 saturated carbocycles. The number of ether oxygens (including phenoxy) is 1. The Bertz CT molecular complexity index is 471. The quantitative estimate of drug-likeness (QED) is 0.913. The van der Waals surface area contributed by atoms with E-state index in [1.807, 2.05) is 0 Å². The van der Waals surface area contributed by atoms with E-state index in [2.05, 4.69) is 0 Å². The van der Waals surface area contributed by atoms with Crippen LogP contribution in [-0.4, -0.2) is 43.2 Å². The molecule has 0 aromatic heterocycles. The zero-order chi connectivity index (χ0) is 14.5. The summed E-state index contributed by atoms with van der Waals surface area (Å²) in [6.45, 7) is 4.10. The third-order valence-corrected chi connectivity index (χ3v) is 3.61. The molecule has 1 aromatic rings. The van der Waals surface area contributed by atoms with E-state index in [4.69, 9.17) is 10.5 Å². The van der Waals surface area contributed by atoms with Crippen molar-refractivity contribution < 1.29 is 13.9 Å². The van der Waals surface area contributed by atoms with Crippen molar-refractivity contribution in [1.82, 2.24) is 4.90 Å². The van der Waals surface area contributed by atoms with Crippen LogP contribution in [0.1, 0.15) is 28.8 Å². The average molecular weight is 280 g/mol. The summed E-state index contributed by atoms with van der Waals surface area (Å²) in [6, 6.07) is 4.50. The van der Waals surface area contributed by atoms with Crippen LogP contribution in [0.15, 0.2) is 18.2 Å². The Morgan fingerprint density at radius 3 is 2.75 bits per heavy atom. The van der Waals surface area contributed by atoms with Gasteiger partial charge in [-0.2, -0.15) is 0 Å². The molecule has 1 saturated heterocycles. The lowest BCUT2D eigenvalue weighted by molar-refractivity contribution is 0.0121. The number of rotatable bonds is 4. The van der Waals surface area contributed by atoms with Gasteiger partial charge in [-0.3, -0.25) is 4.79 Å². The second-order valence-electron chi connectivity index (χ2n) is 5.11. The smallest absolute Gasteiger partial charge is 0.253 e. The van der Waals surface area contributed by atoms with Crippen LogP contribution in [0.4, 0.5) is 4.39 Å². The molecule has 2 rings (SSSR count). The lowest BCUT2D eigenvalue weighted by Crippen LogP contribution is -2.41. The van der Waals surface area contributed by atoms with Gasteiger partial charge in [0.2, 0.25) is 0 Å². The van der Waals surface area contributed by atoms with Gasteiger partial charge in [0, 0.05) is 25.2 Å². The van der Waals surface area contributed by atoms with Crippen molar-refractivity contribution in [2.75, 3.05) is 26.2 Å². The molecule has 1 aliphatic rings. The number of hydrogen-bond acceptors (Lipinski definition) is 3. The lowest BCUT2D eigenvalue weighted by atomic mass is 10.1. The Kier molecular flexibility index (Phi) is 5.09. The molecule has 1 heterocycles. The number of aryl methyl sites for hydroxylation is 1. The summed E-state index contributed by atoms with van der Waals surface area (Å²) in [5.41, 5.74) is 6.45. The molecular formula is C15H21FN2O2. The van der Waals surface area contributed by atoms with Crippen molar-refractivity contribution in [1.29, 1.82) is 0 Å². The fourth-order valence-electron chi connectivity index (χ4n) is 2.42. The lowest BCUT2D eigenvalue weighted by Gasteiger charge is -2.32. The monoisotopic (exact) mass is 280 g/mol. The van der Waals surface area contributed by atoms with Crippen LogP contribution in [0.25, 0.3) is 0 Å². The zero-order valence-corrected chi connectivity index (χ0v) is 11.8. The molecule has 0 bridgehead atoms. The Hall–Kier alpha value is -1.46. The second kappa shape index (κ2) is 6.81. The van der Waals surface area contributed by atoms with Crippen LogP contribution in [0.2, 0.25) is 0 Å². The van der Waals surface area contributed by atoms with E-state index >= 15 is 0 Å². The van der Waals surface area contributed by atoms with Gasteiger partial charge in [0.25, 0.3) is 5.91 Å². The number of nitrogens with two attached hydrogens (primary N) is 1. The maximum atomic E-state index is 13.2. The van der Waals surface area contributed by atoms with Gasteiger partial charge >= 0.3 is 0 Å². The predicted molar refractivity (Wildman–Crippen MR) is 75.1 cm³/mol. The predicted octanol–water partition coefficient (Wildman–Crippen LogP) is 1.71. The molecule has 1 aromatic carbocycles. The first-order valence-corrected chi connectivity index (χ1v) is 6.99. The Labute approximate surface area is 118 Å². The molecule has 0 unspecified atom stereocenters. The molecule has 0 atom stereocenters. The van der Waals surface area contributed by atoms with Crippen molar-refractivity contribution in [3.8, 4) is 0 Å². The fraction of sp³-hybridized carbons (Fsp3) is 0.533. The van der Waals surface area contributed by atoms with Crippen LogP contribution in [0, 0.1) is 12.7 Å². The SMILES string of the molecule is Cc1cc(C(=O)N2CCC(OCCN)CC2)ccc1F. The topological polar surface area (TPSA) is 55.6 Å². The van der Waals surface area contributed by atoms with Crippen LogP contribution in [0.3, 0.4) is 0 Å². The van der Waals surface area contributed by atoms with Gasteiger partial charge in [-0.05, 0) is 43.5 Å². The van der Waals surface area contributed by atoms with Crippen molar-refractivity contribution >= 4 is 5.91 Å². The van der Waals surface area contributed by atoms with E-state index in [9.17, 15) is 9.18 Å². The maximum absolute atomic E-state index is 13.2. The van der Waals surface area contributed by atoms with Crippen LogP contribution in [-0.2, 0) is 4.74 Å². The first kappa shape index (κ1) is 14.9. The number of hydrogen-bond donors (Lipinski definition) is 1. The van der Waals surface area contributed by atoms with E-state index in [-0.39, 0.29) is 17.8 Å². The summed E-state index contributed by atoms with van der Waals surface area (Å²) in [7, 11) is 0. The summed E-state index contributed by atoms with van der Waals surface area (Å²) in [4.78, 5) is 14.1. The van der Waals surface area contributed by atoms with Gasteiger partial charge in [-0.15, -0.1) is 0 Å². The molecule has 0 spiro atoms. The summed E-state index contributed by atoms with van der Waals surface area (Å²) in [6.07, 6.45) is 1.84. The van der Waals surface area contributed by atoms with E-state index in [0.29, 0.717) is 37.4 Å². The summed E-state index contributed by atoms with van der Waals surface area (Å²) < 4.78 is 18.8. The minimum Gasteiger partial charge on any atom is -0.377 e. The molecule has 0 aliphatic carbocycles. The normalized spacial score (nSPS) is 16.4. The fourth-order valence-corrected chi connectivity index (χ4v) is 2.42. The number of carbonyl (C=O) groups is 1. The van der Waals surface area contributed by atoms with Gasteiger partial charge < -0.3 is 15.4 Å². The Morgan fingerprint density at radius 1 is 1.45 bits per heavy atom. The molecule has 2 N–H and O–H groups in total. The number of halogens is 1. The minimum atomic E-state index is -0.282. The Balaban J connectivity index is 1.92. The summed E-state index contributed by atoms with van der Waals surface area (Å²) in [5, 5.41) is 0. The summed E-state index contributed by atoms with van der Waals surface area (Å²) >= 11 is 0. The first-order chi connectivity index (χ1) is 9.61.